The summed E-state index contributed by atoms with van der Waals surface area (Å²) in [6.45, 7) is 19.9. The van der Waals surface area contributed by atoms with Gasteiger partial charge in [-0.3, -0.25) is 14.4 Å². The number of hydrogen-bond acceptors (Lipinski definition) is 7. The van der Waals surface area contributed by atoms with Gasteiger partial charge in [0, 0.05) is 21.7 Å². The quantitative estimate of drug-likeness (QED) is 0.123. The Morgan fingerprint density at radius 2 is 1.47 bits per heavy atom. The molecule has 0 radical (unpaired) electrons. The minimum atomic E-state index is -1.68. The molecular formula is C40H50Cl2N6O5. The number of anilines is 2. The molecule has 0 spiro atoms. The summed E-state index contributed by atoms with van der Waals surface area (Å²) in [5, 5.41) is 13.9. The molecule has 0 bridgehead atoms. The van der Waals surface area contributed by atoms with E-state index >= 15 is 0 Å². The molecule has 53 heavy (non-hydrogen) atoms. The predicted molar refractivity (Wildman–Crippen MR) is 211 cm³/mol. The molecule has 0 aliphatic rings. The van der Waals surface area contributed by atoms with Crippen LogP contribution in [0.15, 0.2) is 65.5 Å². The first-order chi connectivity index (χ1) is 24.7. The van der Waals surface area contributed by atoms with Gasteiger partial charge < -0.3 is 15.4 Å². The van der Waals surface area contributed by atoms with E-state index in [1.165, 1.54) is 17.7 Å². The molecule has 0 aliphatic heterocycles. The average molecular weight is 766 g/mol. The Kier molecular flexibility index (Phi) is 12.7. The minimum absolute atomic E-state index is 0.0124. The SMILES string of the molecule is CCC(C)(C)c1ccc(OC(C)CC(=O)Nc2ccc(Cl)c(NC(=O)C(C(=O)C(C)(C)C)n3nnn(-c4ccc(Cl)cc4)c3=O)c2)c(C(C)(C)CC)c1. The van der Waals surface area contributed by atoms with Crippen molar-refractivity contribution in [3.8, 4) is 11.4 Å². The van der Waals surface area contributed by atoms with E-state index in [1.807, 2.05) is 13.0 Å². The van der Waals surface area contributed by atoms with Crippen LogP contribution >= 0.6 is 23.2 Å². The first-order valence-electron chi connectivity index (χ1n) is 17.7. The van der Waals surface area contributed by atoms with E-state index in [1.54, 1.807) is 51.1 Å². The van der Waals surface area contributed by atoms with Gasteiger partial charge in [0.05, 0.1) is 22.8 Å². The topological polar surface area (TPSA) is 137 Å². The molecule has 0 saturated carbocycles. The van der Waals surface area contributed by atoms with E-state index in [9.17, 15) is 19.2 Å². The number of ketones is 1. The van der Waals surface area contributed by atoms with Crippen LogP contribution in [-0.4, -0.2) is 43.5 Å². The summed E-state index contributed by atoms with van der Waals surface area (Å²) in [5.74, 6) is -1.01. The first kappa shape index (κ1) is 41.3. The van der Waals surface area contributed by atoms with Crippen LogP contribution in [0.3, 0.4) is 0 Å². The third-order valence-corrected chi connectivity index (χ3v) is 10.3. The molecule has 13 heteroatoms. The Hall–Kier alpha value is -4.48. The van der Waals surface area contributed by atoms with Gasteiger partial charge in [0.2, 0.25) is 5.91 Å². The standard InChI is InChI=1S/C40H50Cl2N6O5/c1-11-39(7,8)25-13-20-32(29(22-25)40(9,10)12-2)53-24(3)21-33(49)43-27-16-19-30(42)31(23-27)44-36(51)34(35(50)38(4,5)6)48-37(52)47(45-46-48)28-17-14-26(41)15-18-28/h13-20,22-24,34H,11-12,21H2,1-10H3,(H,43,49)(H,44,51). The molecule has 2 N–H and O–H groups in total. The summed E-state index contributed by atoms with van der Waals surface area (Å²) < 4.78 is 8.09. The van der Waals surface area contributed by atoms with Gasteiger partial charge in [-0.05, 0) is 95.1 Å². The summed E-state index contributed by atoms with van der Waals surface area (Å²) >= 11 is 12.5. The Balaban J connectivity index is 1.53. The van der Waals surface area contributed by atoms with Gasteiger partial charge in [0.25, 0.3) is 5.91 Å². The van der Waals surface area contributed by atoms with Crippen molar-refractivity contribution in [2.75, 3.05) is 10.6 Å². The zero-order valence-corrected chi connectivity index (χ0v) is 33.6. The highest BCUT2D eigenvalue weighted by molar-refractivity contribution is 6.34. The highest BCUT2D eigenvalue weighted by atomic mass is 35.5. The Morgan fingerprint density at radius 3 is 2.08 bits per heavy atom. The van der Waals surface area contributed by atoms with E-state index in [0.717, 1.165) is 33.5 Å². The highest BCUT2D eigenvalue weighted by Crippen LogP contribution is 2.39. The van der Waals surface area contributed by atoms with Gasteiger partial charge in [-0.1, -0.05) is 97.6 Å². The number of ether oxygens (including phenoxy) is 1. The summed E-state index contributed by atoms with van der Waals surface area (Å²) in [5.41, 5.74) is 1.18. The van der Waals surface area contributed by atoms with Crippen molar-refractivity contribution in [3.63, 3.8) is 0 Å². The van der Waals surface area contributed by atoms with Gasteiger partial charge in [-0.25, -0.2) is 4.79 Å². The smallest absolute Gasteiger partial charge is 0.369 e. The zero-order valence-electron chi connectivity index (χ0n) is 32.1. The van der Waals surface area contributed by atoms with Crippen molar-refractivity contribution in [2.24, 2.45) is 5.41 Å². The largest absolute Gasteiger partial charge is 0.490 e. The van der Waals surface area contributed by atoms with Crippen LogP contribution < -0.4 is 21.1 Å². The Labute approximate surface area is 321 Å². The third-order valence-electron chi connectivity index (χ3n) is 9.72. The molecule has 4 rings (SSSR count). The van der Waals surface area contributed by atoms with E-state index < -0.39 is 34.9 Å². The van der Waals surface area contributed by atoms with Crippen molar-refractivity contribution in [2.45, 2.75) is 111 Å². The molecule has 3 aromatic carbocycles. The van der Waals surface area contributed by atoms with Crippen LogP contribution in [-0.2, 0) is 25.2 Å². The number of tetrazole rings is 1. The molecule has 4 aromatic rings. The summed E-state index contributed by atoms with van der Waals surface area (Å²) in [6.07, 6.45) is 1.50. The van der Waals surface area contributed by atoms with Crippen LogP contribution in [0, 0.1) is 5.41 Å². The van der Waals surface area contributed by atoms with Gasteiger partial charge in [-0.15, -0.1) is 0 Å². The summed E-state index contributed by atoms with van der Waals surface area (Å²) in [4.78, 5) is 54.1. The molecule has 0 saturated heterocycles. The second kappa shape index (κ2) is 16.3. The van der Waals surface area contributed by atoms with Gasteiger partial charge >= 0.3 is 5.69 Å². The Morgan fingerprint density at radius 1 is 0.830 bits per heavy atom. The number of nitrogens with zero attached hydrogens (tertiary/aromatic N) is 4. The molecule has 11 nitrogen and oxygen atoms in total. The summed E-state index contributed by atoms with van der Waals surface area (Å²) in [6, 6.07) is 15.5. The van der Waals surface area contributed by atoms with Crippen molar-refractivity contribution in [1.29, 1.82) is 0 Å². The van der Waals surface area contributed by atoms with E-state index in [0.29, 0.717) is 16.4 Å². The van der Waals surface area contributed by atoms with Crippen molar-refractivity contribution in [1.82, 2.24) is 19.8 Å². The zero-order chi connectivity index (χ0) is 39.5. The van der Waals surface area contributed by atoms with Crippen LogP contribution in [0.4, 0.5) is 11.4 Å². The lowest BCUT2D eigenvalue weighted by Gasteiger charge is -2.31. The fourth-order valence-electron chi connectivity index (χ4n) is 5.52. The number of aromatic nitrogens is 4. The molecule has 2 amide bonds. The minimum Gasteiger partial charge on any atom is -0.490 e. The van der Waals surface area contributed by atoms with E-state index in [-0.39, 0.29) is 33.9 Å². The fraction of sp³-hybridized carbons (Fsp3) is 0.450. The van der Waals surface area contributed by atoms with Crippen molar-refractivity contribution >= 4 is 52.2 Å². The number of carbonyl (C=O) groups is 3. The van der Waals surface area contributed by atoms with E-state index in [2.05, 4.69) is 74.7 Å². The molecule has 2 unspecified atom stereocenters. The number of halogens is 2. The lowest BCUT2D eigenvalue weighted by Crippen LogP contribution is -2.43. The van der Waals surface area contributed by atoms with Crippen molar-refractivity contribution in [3.05, 3.63) is 92.3 Å². The van der Waals surface area contributed by atoms with Crippen molar-refractivity contribution < 1.29 is 19.1 Å². The highest BCUT2D eigenvalue weighted by Gasteiger charge is 2.39. The number of Topliss-reactive ketones (excluding diaryl/α,β-unsaturated/α-hetero) is 1. The monoisotopic (exact) mass is 764 g/mol. The van der Waals surface area contributed by atoms with Crippen LogP contribution in [0.1, 0.15) is 106 Å². The molecule has 0 aliphatic carbocycles. The number of nitrogens with one attached hydrogen (secondary N) is 2. The van der Waals surface area contributed by atoms with Gasteiger partial charge in [0.1, 0.15) is 11.9 Å². The number of benzene rings is 3. The normalized spacial score (nSPS) is 13.3. The maximum Gasteiger partial charge on any atom is 0.369 e. The van der Waals surface area contributed by atoms with Crippen LogP contribution in [0.2, 0.25) is 10.0 Å². The van der Waals surface area contributed by atoms with Crippen LogP contribution in [0.5, 0.6) is 5.75 Å². The predicted octanol–water partition coefficient (Wildman–Crippen LogP) is 8.70. The molecular weight excluding hydrogens is 715 g/mol. The maximum atomic E-state index is 13.8. The Bertz CT molecular complexity index is 2030. The fourth-order valence-corrected chi connectivity index (χ4v) is 5.81. The van der Waals surface area contributed by atoms with Gasteiger partial charge in [-0.2, -0.15) is 9.36 Å². The summed E-state index contributed by atoms with van der Waals surface area (Å²) in [7, 11) is 0. The number of carbonyl (C=O) groups excluding carboxylic acids is 3. The van der Waals surface area contributed by atoms with E-state index in [4.69, 9.17) is 27.9 Å². The number of rotatable bonds is 14. The van der Waals surface area contributed by atoms with Crippen LogP contribution in [0.25, 0.3) is 5.69 Å². The number of hydrogen-bond donors (Lipinski definition) is 2. The molecule has 0 fully saturated rings. The second-order valence-corrected chi connectivity index (χ2v) is 16.5. The molecule has 284 valence electrons. The number of amides is 2. The first-order valence-corrected chi connectivity index (χ1v) is 18.5. The average Bonchev–Trinajstić information content (AvgIpc) is 3.46. The second-order valence-electron chi connectivity index (χ2n) is 15.7. The lowest BCUT2D eigenvalue weighted by atomic mass is 9.76. The molecule has 1 heterocycles. The molecule has 1 aromatic heterocycles. The third kappa shape index (κ3) is 9.74. The lowest BCUT2D eigenvalue weighted by molar-refractivity contribution is -0.136. The van der Waals surface area contributed by atoms with Gasteiger partial charge in [0.15, 0.2) is 11.8 Å². The maximum absolute atomic E-state index is 13.8. The molecule has 2 atom stereocenters.